The summed E-state index contributed by atoms with van der Waals surface area (Å²) in [4.78, 5) is 37.7. The van der Waals surface area contributed by atoms with Crippen LogP contribution in [0.2, 0.25) is 5.02 Å². The van der Waals surface area contributed by atoms with Crippen molar-refractivity contribution in [1.82, 2.24) is 20.4 Å². The van der Waals surface area contributed by atoms with Crippen LogP contribution in [0.15, 0.2) is 60.8 Å². The smallest absolute Gasteiger partial charge is 0.354 e. The largest absolute Gasteiger partial charge is 0.435 e. The second-order valence-electron chi connectivity index (χ2n) is 9.11. The summed E-state index contributed by atoms with van der Waals surface area (Å²) in [6, 6.07) is 15.3. The van der Waals surface area contributed by atoms with E-state index >= 15 is 0 Å². The number of hydrogen-bond donors (Lipinski definition) is 2. The average molecular weight is 547 g/mol. The summed E-state index contributed by atoms with van der Waals surface area (Å²) < 4.78 is 41.6. The van der Waals surface area contributed by atoms with Crippen molar-refractivity contribution in [3.05, 3.63) is 82.6 Å². The van der Waals surface area contributed by atoms with Crippen molar-refractivity contribution in [2.24, 2.45) is 11.8 Å². The van der Waals surface area contributed by atoms with Crippen LogP contribution in [0.1, 0.15) is 52.1 Å². The zero-order chi connectivity index (χ0) is 27.3. The summed E-state index contributed by atoms with van der Waals surface area (Å²) >= 11 is 6.06. The fraction of sp³-hybridized carbons (Fsp3) is 0.333. The third-order valence-electron chi connectivity index (χ3n) is 6.56. The first-order valence-corrected chi connectivity index (χ1v) is 12.6. The van der Waals surface area contributed by atoms with Gasteiger partial charge in [0.15, 0.2) is 11.5 Å². The van der Waals surface area contributed by atoms with Crippen molar-refractivity contribution >= 4 is 29.2 Å². The molecule has 11 heteroatoms. The highest BCUT2D eigenvalue weighted by molar-refractivity contribution is 6.32. The van der Waals surface area contributed by atoms with E-state index in [4.69, 9.17) is 11.6 Å². The Morgan fingerprint density at radius 1 is 0.895 bits per heavy atom. The molecule has 1 aromatic heterocycles. The summed E-state index contributed by atoms with van der Waals surface area (Å²) in [7, 11) is 0. The predicted molar refractivity (Wildman–Crippen MR) is 135 cm³/mol. The number of Topliss-reactive ketones (excluding diaryl/α,β-unsaturated/α-hetero) is 1. The minimum absolute atomic E-state index is 0.0491. The lowest BCUT2D eigenvalue weighted by Gasteiger charge is -2.27. The summed E-state index contributed by atoms with van der Waals surface area (Å²) in [6.45, 7) is -0.0194. The van der Waals surface area contributed by atoms with E-state index in [-0.39, 0.29) is 47.3 Å². The molecule has 1 saturated carbocycles. The highest BCUT2D eigenvalue weighted by atomic mass is 35.5. The molecule has 0 saturated heterocycles. The van der Waals surface area contributed by atoms with Gasteiger partial charge in [0.25, 0.3) is 5.91 Å². The number of para-hydroxylation sites is 1. The van der Waals surface area contributed by atoms with E-state index in [2.05, 4.69) is 15.7 Å². The van der Waals surface area contributed by atoms with Gasteiger partial charge in [-0.3, -0.25) is 14.4 Å². The van der Waals surface area contributed by atoms with Gasteiger partial charge in [0.1, 0.15) is 0 Å². The molecule has 38 heavy (non-hydrogen) atoms. The van der Waals surface area contributed by atoms with Crippen molar-refractivity contribution in [2.45, 2.75) is 31.9 Å². The molecule has 0 aliphatic heterocycles. The standard InChI is InChI=1S/C27H26ClF3N4O3/c28-21-8-4-5-9-22(21)35-16-20(24(34-35)27(29,30)31)26(38)33-15-14-32-25(37)19-12-10-18(11-13-19)23(36)17-6-2-1-3-7-17/h1-9,16,18-19H,10-15H2,(H,32,37)(H,33,38)/t18-,19-. The van der Waals surface area contributed by atoms with Crippen LogP contribution in [0, 0.1) is 11.8 Å². The van der Waals surface area contributed by atoms with E-state index < -0.39 is 23.3 Å². The molecular weight excluding hydrogens is 521 g/mol. The number of benzene rings is 2. The number of alkyl halides is 3. The number of carbonyl (C=O) groups is 3. The van der Waals surface area contributed by atoms with E-state index in [0.717, 1.165) is 10.9 Å². The summed E-state index contributed by atoms with van der Waals surface area (Å²) in [5.74, 6) is -1.45. The van der Waals surface area contributed by atoms with Crippen molar-refractivity contribution in [3.8, 4) is 5.69 Å². The van der Waals surface area contributed by atoms with Crippen molar-refractivity contribution in [1.29, 1.82) is 0 Å². The van der Waals surface area contributed by atoms with Crippen LogP contribution in [0.5, 0.6) is 0 Å². The van der Waals surface area contributed by atoms with Gasteiger partial charge in [-0.25, -0.2) is 4.68 Å². The lowest BCUT2D eigenvalue weighted by Crippen LogP contribution is -2.39. The van der Waals surface area contributed by atoms with Gasteiger partial charge >= 0.3 is 6.18 Å². The molecule has 1 heterocycles. The van der Waals surface area contributed by atoms with Crippen LogP contribution < -0.4 is 10.6 Å². The molecule has 2 aromatic carbocycles. The maximum absolute atomic E-state index is 13.5. The molecule has 0 spiro atoms. The monoisotopic (exact) mass is 546 g/mol. The predicted octanol–water partition coefficient (Wildman–Crippen LogP) is 5.08. The molecule has 0 radical (unpaired) electrons. The first-order valence-electron chi connectivity index (χ1n) is 12.2. The molecule has 200 valence electrons. The fourth-order valence-electron chi connectivity index (χ4n) is 4.57. The molecule has 4 rings (SSSR count). The second kappa shape index (κ2) is 11.8. The number of rotatable bonds is 8. The molecule has 1 aliphatic carbocycles. The lowest BCUT2D eigenvalue weighted by molar-refractivity contribution is -0.141. The molecule has 1 aliphatic rings. The minimum Gasteiger partial charge on any atom is -0.354 e. The van der Waals surface area contributed by atoms with Gasteiger partial charge in [-0.15, -0.1) is 0 Å². The highest BCUT2D eigenvalue weighted by Gasteiger charge is 2.39. The van der Waals surface area contributed by atoms with Crippen LogP contribution in [0.3, 0.4) is 0 Å². The molecule has 2 amide bonds. The Hall–Kier alpha value is -3.66. The van der Waals surface area contributed by atoms with E-state index in [0.29, 0.717) is 31.2 Å². The number of hydrogen-bond acceptors (Lipinski definition) is 4. The van der Waals surface area contributed by atoms with E-state index in [1.807, 2.05) is 18.2 Å². The normalized spacial score (nSPS) is 17.6. The van der Waals surface area contributed by atoms with Crippen LogP contribution in [-0.2, 0) is 11.0 Å². The van der Waals surface area contributed by atoms with E-state index in [9.17, 15) is 27.6 Å². The minimum atomic E-state index is -4.85. The van der Waals surface area contributed by atoms with Gasteiger partial charge < -0.3 is 10.6 Å². The third kappa shape index (κ3) is 6.42. The lowest BCUT2D eigenvalue weighted by atomic mass is 9.78. The Labute approximate surface area is 222 Å². The number of nitrogens with one attached hydrogen (secondary N) is 2. The van der Waals surface area contributed by atoms with E-state index in [1.54, 1.807) is 24.3 Å². The van der Waals surface area contributed by atoms with Gasteiger partial charge in [-0.1, -0.05) is 54.1 Å². The Morgan fingerprint density at radius 2 is 1.50 bits per heavy atom. The molecule has 0 atom stereocenters. The summed E-state index contributed by atoms with van der Waals surface area (Å²) in [5.41, 5.74) is -1.11. The number of halogens is 4. The quantitative estimate of drug-likeness (QED) is 0.304. The van der Waals surface area contributed by atoms with Crippen LogP contribution in [0.25, 0.3) is 5.69 Å². The van der Waals surface area contributed by atoms with Crippen molar-refractivity contribution in [3.63, 3.8) is 0 Å². The zero-order valence-electron chi connectivity index (χ0n) is 20.3. The molecule has 7 nitrogen and oxygen atoms in total. The maximum atomic E-state index is 13.5. The molecular formula is C27H26ClF3N4O3. The first-order chi connectivity index (χ1) is 18.1. The van der Waals surface area contributed by atoms with Crippen LogP contribution >= 0.6 is 11.6 Å². The van der Waals surface area contributed by atoms with Gasteiger partial charge in [-0.05, 0) is 37.8 Å². The SMILES string of the molecule is O=C(NCCNC(=O)[C@H]1CC[C@H](C(=O)c2ccccc2)CC1)c1cn(-c2ccccc2Cl)nc1C(F)(F)F. The fourth-order valence-corrected chi connectivity index (χ4v) is 4.79. The molecule has 0 unspecified atom stereocenters. The molecule has 0 bridgehead atoms. The van der Waals surface area contributed by atoms with Crippen molar-refractivity contribution < 1.29 is 27.6 Å². The number of carbonyl (C=O) groups excluding carboxylic acids is 3. The number of ketones is 1. The van der Waals surface area contributed by atoms with Gasteiger partial charge in [-0.2, -0.15) is 18.3 Å². The maximum Gasteiger partial charge on any atom is 0.435 e. The second-order valence-corrected chi connectivity index (χ2v) is 9.52. The number of aromatic nitrogens is 2. The Bertz CT molecular complexity index is 1300. The summed E-state index contributed by atoms with van der Waals surface area (Å²) in [5, 5.41) is 8.84. The third-order valence-corrected chi connectivity index (χ3v) is 6.88. The van der Waals surface area contributed by atoms with Crippen LogP contribution in [0.4, 0.5) is 13.2 Å². The summed E-state index contributed by atoms with van der Waals surface area (Å²) in [6.07, 6.45) is -1.52. The average Bonchev–Trinajstić information content (AvgIpc) is 3.38. The highest BCUT2D eigenvalue weighted by Crippen LogP contribution is 2.33. The van der Waals surface area contributed by atoms with Crippen molar-refractivity contribution in [2.75, 3.05) is 13.1 Å². The van der Waals surface area contributed by atoms with Gasteiger partial charge in [0.2, 0.25) is 5.91 Å². The Morgan fingerprint density at radius 3 is 2.16 bits per heavy atom. The van der Waals surface area contributed by atoms with Gasteiger partial charge in [0.05, 0.1) is 16.3 Å². The first kappa shape index (κ1) is 27.4. The van der Waals surface area contributed by atoms with Gasteiger partial charge in [0, 0.05) is 36.7 Å². The molecule has 2 N–H and O–H groups in total. The van der Waals surface area contributed by atoms with E-state index in [1.165, 1.54) is 12.1 Å². The Kier molecular flexibility index (Phi) is 8.51. The topological polar surface area (TPSA) is 93.1 Å². The zero-order valence-corrected chi connectivity index (χ0v) is 21.1. The number of amides is 2. The molecule has 1 fully saturated rings. The van der Waals surface area contributed by atoms with Crippen LogP contribution in [-0.4, -0.2) is 40.5 Å². The molecule has 3 aromatic rings. The number of nitrogens with zero attached hydrogens (tertiary/aromatic N) is 2. The Balaban J connectivity index is 1.27.